The molecule has 1 aromatic rings. The summed E-state index contributed by atoms with van der Waals surface area (Å²) in [5.41, 5.74) is 5.71. The summed E-state index contributed by atoms with van der Waals surface area (Å²) in [5, 5.41) is 0. The third-order valence-electron chi connectivity index (χ3n) is 2.74. The summed E-state index contributed by atoms with van der Waals surface area (Å²) in [5.74, 6) is 0.106. The smallest absolute Gasteiger partial charge is 0.263 e. The van der Waals surface area contributed by atoms with E-state index in [-0.39, 0.29) is 11.3 Å². The Morgan fingerprint density at radius 1 is 1.50 bits per heavy atom. The summed E-state index contributed by atoms with van der Waals surface area (Å²) in [6.07, 6.45) is 0.957. The molecule has 0 saturated heterocycles. The Labute approximate surface area is 121 Å². The molecule has 1 amide bonds. The Morgan fingerprint density at radius 3 is 2.61 bits per heavy atom. The molecule has 1 heterocycles. The van der Waals surface area contributed by atoms with Crippen LogP contribution in [-0.2, 0) is 0 Å². The van der Waals surface area contributed by atoms with Crippen molar-refractivity contribution in [2.24, 2.45) is 11.1 Å². The molecule has 0 saturated carbocycles. The van der Waals surface area contributed by atoms with Crippen LogP contribution < -0.4 is 5.73 Å². The Bertz CT molecular complexity index is 403. The number of rotatable bonds is 6. The van der Waals surface area contributed by atoms with E-state index in [1.54, 1.807) is 0 Å². The molecule has 3 nitrogen and oxygen atoms in total. The van der Waals surface area contributed by atoms with E-state index in [2.05, 4.69) is 36.7 Å². The standard InChI is InChI=1S/C13H21BrN2OS/c1-4-7-16(9-13(2,3)8-15)12(17)10-5-6-11(14)18-10/h5-6H,4,7-9,15H2,1-3H3. The van der Waals surface area contributed by atoms with Crippen molar-refractivity contribution in [3.63, 3.8) is 0 Å². The second-order valence-corrected chi connectivity index (χ2v) is 7.66. The number of nitrogens with two attached hydrogens (primary N) is 1. The molecule has 102 valence electrons. The number of carbonyl (C=O) groups excluding carboxylic acids is 1. The minimum absolute atomic E-state index is 0.0423. The number of amides is 1. The highest BCUT2D eigenvalue weighted by Gasteiger charge is 2.24. The van der Waals surface area contributed by atoms with Crippen molar-refractivity contribution in [1.29, 1.82) is 0 Å². The Hall–Kier alpha value is -0.390. The molecule has 0 bridgehead atoms. The Morgan fingerprint density at radius 2 is 2.17 bits per heavy atom. The van der Waals surface area contributed by atoms with Gasteiger partial charge in [0.15, 0.2) is 0 Å². The number of nitrogens with zero attached hydrogens (tertiary/aromatic N) is 1. The molecular weight excluding hydrogens is 312 g/mol. The summed E-state index contributed by atoms with van der Waals surface area (Å²) < 4.78 is 0.986. The first-order chi connectivity index (χ1) is 8.39. The summed E-state index contributed by atoms with van der Waals surface area (Å²) in [7, 11) is 0. The number of thiophene rings is 1. The van der Waals surface area contributed by atoms with Crippen molar-refractivity contribution in [3.8, 4) is 0 Å². The van der Waals surface area contributed by atoms with Gasteiger partial charge in [0.05, 0.1) is 8.66 Å². The lowest BCUT2D eigenvalue weighted by molar-refractivity contribution is 0.0694. The van der Waals surface area contributed by atoms with Crippen molar-refractivity contribution in [1.82, 2.24) is 4.90 Å². The van der Waals surface area contributed by atoms with Crippen LogP contribution in [0.1, 0.15) is 36.9 Å². The lowest BCUT2D eigenvalue weighted by atomic mass is 9.93. The molecule has 1 aromatic heterocycles. The van der Waals surface area contributed by atoms with E-state index in [0.29, 0.717) is 13.1 Å². The highest BCUT2D eigenvalue weighted by molar-refractivity contribution is 9.11. The Kier molecular flexibility index (Phi) is 5.82. The van der Waals surface area contributed by atoms with Crippen molar-refractivity contribution in [2.45, 2.75) is 27.2 Å². The topological polar surface area (TPSA) is 46.3 Å². The van der Waals surface area contributed by atoms with Crippen LogP contribution in [0, 0.1) is 5.41 Å². The van der Waals surface area contributed by atoms with Crippen molar-refractivity contribution < 1.29 is 4.79 Å². The van der Waals surface area contributed by atoms with Gasteiger partial charge in [-0.15, -0.1) is 11.3 Å². The zero-order valence-corrected chi connectivity index (χ0v) is 13.6. The lowest BCUT2D eigenvalue weighted by Crippen LogP contribution is -2.42. The summed E-state index contributed by atoms with van der Waals surface area (Å²) in [6, 6.07) is 3.78. The summed E-state index contributed by atoms with van der Waals surface area (Å²) >= 11 is 4.87. The first kappa shape index (κ1) is 15.7. The van der Waals surface area contributed by atoms with E-state index in [1.165, 1.54) is 11.3 Å². The fourth-order valence-corrected chi connectivity index (χ4v) is 3.04. The quantitative estimate of drug-likeness (QED) is 0.868. The maximum Gasteiger partial charge on any atom is 0.263 e. The first-order valence-electron chi connectivity index (χ1n) is 6.14. The molecule has 5 heteroatoms. The van der Waals surface area contributed by atoms with Gasteiger partial charge < -0.3 is 10.6 Å². The van der Waals surface area contributed by atoms with Gasteiger partial charge in [0.25, 0.3) is 5.91 Å². The monoisotopic (exact) mass is 332 g/mol. The molecule has 0 aliphatic heterocycles. The molecular formula is C13H21BrN2OS. The van der Waals surface area contributed by atoms with Crippen LogP contribution in [-0.4, -0.2) is 30.4 Å². The second kappa shape index (κ2) is 6.68. The number of carbonyl (C=O) groups is 1. The third kappa shape index (κ3) is 4.37. The van der Waals surface area contributed by atoms with Gasteiger partial charge in [0, 0.05) is 13.1 Å². The minimum atomic E-state index is -0.0423. The fraction of sp³-hybridized carbons (Fsp3) is 0.615. The molecule has 0 aromatic carbocycles. The minimum Gasteiger partial charge on any atom is -0.337 e. The molecule has 0 aliphatic carbocycles. The van der Waals surface area contributed by atoms with E-state index in [0.717, 1.165) is 21.6 Å². The van der Waals surface area contributed by atoms with Crippen LogP contribution >= 0.6 is 27.3 Å². The molecule has 1 rings (SSSR count). The lowest BCUT2D eigenvalue weighted by Gasteiger charge is -2.31. The zero-order chi connectivity index (χ0) is 13.8. The Balaban J connectivity index is 2.81. The fourth-order valence-electron chi connectivity index (χ4n) is 1.69. The van der Waals surface area contributed by atoms with Gasteiger partial charge in [0.2, 0.25) is 0 Å². The molecule has 0 atom stereocenters. The highest BCUT2D eigenvalue weighted by atomic mass is 79.9. The van der Waals surface area contributed by atoms with Gasteiger partial charge >= 0.3 is 0 Å². The first-order valence-corrected chi connectivity index (χ1v) is 7.75. The van der Waals surface area contributed by atoms with Crippen molar-refractivity contribution in [2.75, 3.05) is 19.6 Å². The van der Waals surface area contributed by atoms with Crippen LogP contribution in [0.2, 0.25) is 0 Å². The van der Waals surface area contributed by atoms with Gasteiger partial charge in [-0.2, -0.15) is 0 Å². The molecule has 0 aliphatic rings. The predicted octanol–water partition coefficient (Wildman–Crippen LogP) is 3.35. The van der Waals surface area contributed by atoms with Crippen LogP contribution in [0.3, 0.4) is 0 Å². The third-order valence-corrected chi connectivity index (χ3v) is 4.35. The summed E-state index contributed by atoms with van der Waals surface area (Å²) in [4.78, 5) is 15.1. The molecule has 0 spiro atoms. The molecule has 2 N–H and O–H groups in total. The maximum absolute atomic E-state index is 12.4. The summed E-state index contributed by atoms with van der Waals surface area (Å²) in [6.45, 7) is 8.32. The van der Waals surface area contributed by atoms with E-state index in [9.17, 15) is 4.79 Å². The number of hydrogen-bond acceptors (Lipinski definition) is 3. The van der Waals surface area contributed by atoms with Crippen LogP contribution in [0.5, 0.6) is 0 Å². The normalized spacial score (nSPS) is 11.6. The molecule has 0 fully saturated rings. The van der Waals surface area contributed by atoms with Gasteiger partial charge in [-0.25, -0.2) is 0 Å². The van der Waals surface area contributed by atoms with Crippen LogP contribution in [0.4, 0.5) is 0 Å². The highest BCUT2D eigenvalue weighted by Crippen LogP contribution is 2.25. The van der Waals surface area contributed by atoms with E-state index in [1.807, 2.05) is 17.0 Å². The maximum atomic E-state index is 12.4. The predicted molar refractivity (Wildman–Crippen MR) is 81.0 cm³/mol. The second-order valence-electron chi connectivity index (χ2n) is 5.20. The molecule has 18 heavy (non-hydrogen) atoms. The average Bonchev–Trinajstić information content (AvgIpc) is 2.74. The largest absolute Gasteiger partial charge is 0.337 e. The van der Waals surface area contributed by atoms with Crippen molar-refractivity contribution in [3.05, 3.63) is 20.8 Å². The van der Waals surface area contributed by atoms with E-state index < -0.39 is 0 Å². The number of halogens is 1. The van der Waals surface area contributed by atoms with Crippen molar-refractivity contribution >= 4 is 33.2 Å². The SMILES string of the molecule is CCCN(CC(C)(C)CN)C(=O)c1ccc(Br)s1. The van der Waals surface area contributed by atoms with Gasteiger partial charge in [-0.05, 0) is 46.4 Å². The van der Waals surface area contributed by atoms with Crippen LogP contribution in [0.25, 0.3) is 0 Å². The average molecular weight is 333 g/mol. The van der Waals surface area contributed by atoms with Gasteiger partial charge in [-0.1, -0.05) is 20.8 Å². The van der Waals surface area contributed by atoms with Gasteiger partial charge in [-0.3, -0.25) is 4.79 Å². The zero-order valence-electron chi connectivity index (χ0n) is 11.2. The van der Waals surface area contributed by atoms with Gasteiger partial charge in [0.1, 0.15) is 0 Å². The van der Waals surface area contributed by atoms with E-state index >= 15 is 0 Å². The molecule has 0 unspecified atom stereocenters. The van der Waals surface area contributed by atoms with E-state index in [4.69, 9.17) is 5.73 Å². The number of hydrogen-bond donors (Lipinski definition) is 1. The van der Waals surface area contributed by atoms with Crippen LogP contribution in [0.15, 0.2) is 15.9 Å². The molecule has 0 radical (unpaired) electrons.